The van der Waals surface area contributed by atoms with Crippen LogP contribution in [0.25, 0.3) is 0 Å². The third kappa shape index (κ3) is 6.12. The van der Waals surface area contributed by atoms with Crippen molar-refractivity contribution in [3.8, 4) is 0 Å². The van der Waals surface area contributed by atoms with Crippen molar-refractivity contribution in [1.29, 1.82) is 0 Å². The summed E-state index contributed by atoms with van der Waals surface area (Å²) in [7, 11) is 0. The molecule has 0 aliphatic heterocycles. The van der Waals surface area contributed by atoms with Crippen molar-refractivity contribution in [2.24, 2.45) is 29.4 Å². The average Bonchev–Trinajstić information content (AvgIpc) is 2.49. The minimum absolute atomic E-state index is 0.640. The van der Waals surface area contributed by atoms with Gasteiger partial charge in [-0.2, -0.15) is 0 Å². The average molecular weight is 265 g/mol. The predicted octanol–water partition coefficient (Wildman–Crippen LogP) is 5.16. The normalized spacial score (nSPS) is 28.9. The molecule has 112 valence electrons. The van der Waals surface area contributed by atoms with Gasteiger partial charge < -0.3 is 5.73 Å². The lowest BCUT2D eigenvalue weighted by molar-refractivity contribution is 0.222. The highest BCUT2D eigenvalue weighted by atomic mass is 14.5. The van der Waals surface area contributed by atoms with Crippen molar-refractivity contribution in [3.63, 3.8) is 0 Å². The van der Waals surface area contributed by atoms with E-state index in [2.05, 4.69) is 32.9 Å². The molecule has 1 rings (SSSR count). The van der Waals surface area contributed by atoms with Gasteiger partial charge in [0.05, 0.1) is 0 Å². The molecule has 1 aliphatic carbocycles. The van der Waals surface area contributed by atoms with Crippen molar-refractivity contribution >= 4 is 0 Å². The van der Waals surface area contributed by atoms with Gasteiger partial charge in [0.2, 0.25) is 0 Å². The molecule has 0 saturated heterocycles. The zero-order valence-electron chi connectivity index (χ0n) is 13.4. The molecule has 0 spiro atoms. The summed E-state index contributed by atoms with van der Waals surface area (Å²) in [5.74, 6) is 2.89. The molecule has 0 heterocycles. The molecule has 4 atom stereocenters. The fourth-order valence-electron chi connectivity index (χ4n) is 3.28. The van der Waals surface area contributed by atoms with Gasteiger partial charge in [-0.1, -0.05) is 65.0 Å². The maximum absolute atomic E-state index is 5.84. The van der Waals surface area contributed by atoms with Gasteiger partial charge in [0, 0.05) is 0 Å². The molecule has 0 fully saturated rings. The van der Waals surface area contributed by atoms with E-state index in [4.69, 9.17) is 5.73 Å². The van der Waals surface area contributed by atoms with Crippen LogP contribution in [0.15, 0.2) is 12.2 Å². The predicted molar refractivity (Wildman–Crippen MR) is 86.1 cm³/mol. The fourth-order valence-corrected chi connectivity index (χ4v) is 3.28. The summed E-state index contributed by atoms with van der Waals surface area (Å²) in [4.78, 5) is 0. The summed E-state index contributed by atoms with van der Waals surface area (Å²) in [5, 5.41) is 0. The molecule has 0 aromatic rings. The number of rotatable bonds is 4. The molecule has 1 aliphatic rings. The number of nitrogens with two attached hydrogens (primary N) is 1. The van der Waals surface area contributed by atoms with Gasteiger partial charge in [0.25, 0.3) is 0 Å². The summed E-state index contributed by atoms with van der Waals surface area (Å²) in [6.07, 6.45) is 16.1. The largest absolute Gasteiger partial charge is 0.330 e. The number of hydrogen-bond acceptors (Lipinski definition) is 1. The monoisotopic (exact) mass is 265 g/mol. The topological polar surface area (TPSA) is 26.0 Å². The van der Waals surface area contributed by atoms with Crippen molar-refractivity contribution in [2.45, 2.75) is 72.1 Å². The second kappa shape index (κ2) is 9.58. The van der Waals surface area contributed by atoms with Crippen molar-refractivity contribution in [1.82, 2.24) is 0 Å². The smallest absolute Gasteiger partial charge is 0.00489 e. The molecule has 0 saturated carbocycles. The minimum atomic E-state index is 0.640. The SMILES string of the molecule is CC(CN)C(C)C(C)C1/C=C\CCCCCCCC1. The summed E-state index contributed by atoms with van der Waals surface area (Å²) in [6.45, 7) is 7.95. The van der Waals surface area contributed by atoms with Crippen LogP contribution in [0.4, 0.5) is 0 Å². The van der Waals surface area contributed by atoms with E-state index >= 15 is 0 Å². The highest BCUT2D eigenvalue weighted by Crippen LogP contribution is 2.31. The highest BCUT2D eigenvalue weighted by molar-refractivity contribution is 4.92. The lowest BCUT2D eigenvalue weighted by atomic mass is 9.75. The Bertz CT molecular complexity index is 246. The van der Waals surface area contributed by atoms with E-state index in [0.717, 1.165) is 24.3 Å². The van der Waals surface area contributed by atoms with Crippen LogP contribution in [0, 0.1) is 23.7 Å². The number of hydrogen-bond donors (Lipinski definition) is 1. The molecule has 0 bridgehead atoms. The lowest BCUT2D eigenvalue weighted by Gasteiger charge is -2.30. The van der Waals surface area contributed by atoms with Gasteiger partial charge in [0.15, 0.2) is 0 Å². The first-order valence-corrected chi connectivity index (χ1v) is 8.53. The van der Waals surface area contributed by atoms with Gasteiger partial charge in [0.1, 0.15) is 0 Å². The second-order valence-corrected chi connectivity index (χ2v) is 6.72. The van der Waals surface area contributed by atoms with Crippen molar-refractivity contribution in [3.05, 3.63) is 12.2 Å². The number of allylic oxidation sites excluding steroid dienone is 2. The van der Waals surface area contributed by atoms with E-state index in [9.17, 15) is 0 Å². The van der Waals surface area contributed by atoms with Gasteiger partial charge in [-0.25, -0.2) is 0 Å². The maximum Gasteiger partial charge on any atom is -0.00489 e. The standard InChI is InChI=1S/C18H35N/c1-15(14-19)16(2)17(3)18-12-10-8-6-4-5-7-9-11-13-18/h10,12,15-18H,4-9,11,13-14,19H2,1-3H3/b12-10-. The Morgan fingerprint density at radius 3 is 2.32 bits per heavy atom. The highest BCUT2D eigenvalue weighted by Gasteiger charge is 2.24. The van der Waals surface area contributed by atoms with Crippen LogP contribution in [0.1, 0.15) is 72.1 Å². The van der Waals surface area contributed by atoms with Crippen molar-refractivity contribution in [2.75, 3.05) is 6.54 Å². The molecular weight excluding hydrogens is 230 g/mol. The molecule has 0 radical (unpaired) electrons. The summed E-state index contributed by atoms with van der Waals surface area (Å²) >= 11 is 0. The van der Waals surface area contributed by atoms with Crippen LogP contribution < -0.4 is 5.73 Å². The van der Waals surface area contributed by atoms with Crippen LogP contribution >= 0.6 is 0 Å². The lowest BCUT2D eigenvalue weighted by Crippen LogP contribution is -2.27. The van der Waals surface area contributed by atoms with E-state index in [1.165, 1.54) is 51.4 Å². The van der Waals surface area contributed by atoms with E-state index in [-0.39, 0.29) is 0 Å². The summed E-state index contributed by atoms with van der Waals surface area (Å²) in [5.41, 5.74) is 5.84. The van der Waals surface area contributed by atoms with Crippen LogP contribution in [0.2, 0.25) is 0 Å². The molecular formula is C18H35N. The fraction of sp³-hybridized carbons (Fsp3) is 0.889. The van der Waals surface area contributed by atoms with E-state index in [1.807, 2.05) is 0 Å². The Balaban J connectivity index is 2.58. The van der Waals surface area contributed by atoms with Crippen molar-refractivity contribution < 1.29 is 0 Å². The molecule has 4 unspecified atom stereocenters. The van der Waals surface area contributed by atoms with Gasteiger partial charge in [-0.3, -0.25) is 0 Å². The summed E-state index contributed by atoms with van der Waals surface area (Å²) < 4.78 is 0. The molecule has 0 aromatic heterocycles. The van der Waals surface area contributed by atoms with Crippen LogP contribution in [-0.4, -0.2) is 6.54 Å². The van der Waals surface area contributed by atoms with Gasteiger partial charge >= 0.3 is 0 Å². The molecule has 1 heteroatoms. The van der Waals surface area contributed by atoms with E-state index < -0.39 is 0 Å². The summed E-state index contributed by atoms with van der Waals surface area (Å²) in [6, 6.07) is 0. The molecule has 2 N–H and O–H groups in total. The zero-order valence-corrected chi connectivity index (χ0v) is 13.4. The Morgan fingerprint density at radius 2 is 1.63 bits per heavy atom. The second-order valence-electron chi connectivity index (χ2n) is 6.72. The Morgan fingerprint density at radius 1 is 1.00 bits per heavy atom. The van der Waals surface area contributed by atoms with E-state index in [0.29, 0.717) is 5.92 Å². The van der Waals surface area contributed by atoms with Crippen LogP contribution in [0.5, 0.6) is 0 Å². The Labute approximate surface area is 121 Å². The van der Waals surface area contributed by atoms with Gasteiger partial charge in [-0.05, 0) is 49.5 Å². The third-order valence-electron chi connectivity index (χ3n) is 5.32. The Hall–Kier alpha value is -0.300. The first-order valence-electron chi connectivity index (χ1n) is 8.53. The Kier molecular flexibility index (Phi) is 8.45. The maximum atomic E-state index is 5.84. The molecule has 0 amide bonds. The zero-order chi connectivity index (χ0) is 14.1. The van der Waals surface area contributed by atoms with Crippen LogP contribution in [-0.2, 0) is 0 Å². The first kappa shape index (κ1) is 16.8. The van der Waals surface area contributed by atoms with E-state index in [1.54, 1.807) is 0 Å². The van der Waals surface area contributed by atoms with Gasteiger partial charge in [-0.15, -0.1) is 0 Å². The molecule has 19 heavy (non-hydrogen) atoms. The quantitative estimate of drug-likeness (QED) is 0.698. The third-order valence-corrected chi connectivity index (χ3v) is 5.32. The molecule has 0 aromatic carbocycles. The molecule has 1 nitrogen and oxygen atoms in total. The first-order chi connectivity index (χ1) is 9.16. The minimum Gasteiger partial charge on any atom is -0.330 e. The van der Waals surface area contributed by atoms with Crippen LogP contribution in [0.3, 0.4) is 0 Å².